The fourth-order valence-corrected chi connectivity index (χ4v) is 2.55. The number of halogens is 2. The first-order valence-electron chi connectivity index (χ1n) is 6.10. The summed E-state index contributed by atoms with van der Waals surface area (Å²) < 4.78 is 14.9. The molecule has 0 saturated carbocycles. The summed E-state index contributed by atoms with van der Waals surface area (Å²) in [4.78, 5) is 3.99. The molecule has 1 atom stereocenters. The Kier molecular flexibility index (Phi) is 4.32. The van der Waals surface area contributed by atoms with Gasteiger partial charge in [-0.3, -0.25) is 4.98 Å². The maximum absolute atomic E-state index is 14.1. The van der Waals surface area contributed by atoms with Crippen molar-refractivity contribution in [2.75, 3.05) is 6.54 Å². The van der Waals surface area contributed by atoms with Gasteiger partial charge < -0.3 is 5.73 Å². The zero-order valence-corrected chi connectivity index (χ0v) is 12.3. The summed E-state index contributed by atoms with van der Waals surface area (Å²) in [5, 5.41) is 0. The zero-order valence-electron chi connectivity index (χ0n) is 10.7. The van der Waals surface area contributed by atoms with Gasteiger partial charge in [-0.05, 0) is 47.9 Å². The van der Waals surface area contributed by atoms with Crippen LogP contribution in [0.4, 0.5) is 4.39 Å². The molecule has 0 bridgehead atoms. The fourth-order valence-electron chi connectivity index (χ4n) is 2.19. The van der Waals surface area contributed by atoms with Gasteiger partial charge in [-0.2, -0.15) is 0 Å². The number of nitrogens with two attached hydrogens (primary N) is 1. The summed E-state index contributed by atoms with van der Waals surface area (Å²) in [5.74, 6) is -0.217. The van der Waals surface area contributed by atoms with Crippen molar-refractivity contribution >= 4 is 15.9 Å². The van der Waals surface area contributed by atoms with Crippen LogP contribution < -0.4 is 5.73 Å². The maximum atomic E-state index is 14.1. The van der Waals surface area contributed by atoms with E-state index < -0.39 is 5.41 Å². The maximum Gasteiger partial charge on any atom is 0.127 e. The second-order valence-corrected chi connectivity index (χ2v) is 5.84. The topological polar surface area (TPSA) is 38.9 Å². The Bertz CT molecular complexity index is 559. The number of nitrogens with zero attached hydrogens (tertiary/aromatic N) is 1. The molecule has 2 rings (SSSR count). The van der Waals surface area contributed by atoms with E-state index in [9.17, 15) is 4.39 Å². The van der Waals surface area contributed by atoms with E-state index in [0.717, 1.165) is 10.0 Å². The molecule has 1 aromatic heterocycles. The molecule has 1 heterocycles. The van der Waals surface area contributed by atoms with E-state index in [1.807, 2.05) is 25.1 Å². The monoisotopic (exact) mass is 322 g/mol. The highest BCUT2D eigenvalue weighted by Crippen LogP contribution is 2.31. The Morgan fingerprint density at radius 3 is 2.58 bits per heavy atom. The summed E-state index contributed by atoms with van der Waals surface area (Å²) in [5.41, 5.74) is 7.21. The van der Waals surface area contributed by atoms with Gasteiger partial charge in [0.25, 0.3) is 0 Å². The van der Waals surface area contributed by atoms with Crippen LogP contribution in [0.3, 0.4) is 0 Å². The van der Waals surface area contributed by atoms with Crippen LogP contribution >= 0.6 is 15.9 Å². The Hall–Kier alpha value is -1.26. The van der Waals surface area contributed by atoms with Crippen LogP contribution in [-0.2, 0) is 11.8 Å². The minimum absolute atomic E-state index is 0.217. The third-order valence-electron chi connectivity index (χ3n) is 3.37. The summed E-state index contributed by atoms with van der Waals surface area (Å²) >= 11 is 3.39. The molecule has 1 unspecified atom stereocenters. The molecule has 0 fully saturated rings. The number of hydrogen-bond donors (Lipinski definition) is 1. The molecule has 4 heteroatoms. The SMILES string of the molecule is CC(CN)(Cc1ccncc1)c1cc(Br)ccc1F. The van der Waals surface area contributed by atoms with Gasteiger partial charge in [-0.15, -0.1) is 0 Å². The van der Waals surface area contributed by atoms with Crippen molar-refractivity contribution in [1.82, 2.24) is 4.98 Å². The Labute approximate surface area is 121 Å². The van der Waals surface area contributed by atoms with Gasteiger partial charge in [-0.1, -0.05) is 22.9 Å². The van der Waals surface area contributed by atoms with Gasteiger partial charge in [-0.25, -0.2) is 4.39 Å². The first-order chi connectivity index (χ1) is 9.05. The van der Waals surface area contributed by atoms with Crippen LogP contribution in [0.5, 0.6) is 0 Å². The number of benzene rings is 1. The van der Waals surface area contributed by atoms with Crippen molar-refractivity contribution in [3.63, 3.8) is 0 Å². The molecule has 0 saturated heterocycles. The molecule has 2 aromatic rings. The molecular weight excluding hydrogens is 307 g/mol. The largest absolute Gasteiger partial charge is 0.330 e. The summed E-state index contributed by atoms with van der Waals surface area (Å²) in [6.45, 7) is 2.36. The van der Waals surface area contributed by atoms with Gasteiger partial charge in [0.05, 0.1) is 0 Å². The lowest BCUT2D eigenvalue weighted by Gasteiger charge is -2.29. The third-order valence-corrected chi connectivity index (χ3v) is 3.87. The highest BCUT2D eigenvalue weighted by Gasteiger charge is 2.28. The Morgan fingerprint density at radius 1 is 1.26 bits per heavy atom. The average Bonchev–Trinajstić information content (AvgIpc) is 2.42. The number of hydrogen-bond acceptors (Lipinski definition) is 2. The summed E-state index contributed by atoms with van der Waals surface area (Å²) in [6.07, 6.45) is 4.16. The second-order valence-electron chi connectivity index (χ2n) is 4.92. The lowest BCUT2D eigenvalue weighted by atomic mass is 9.77. The van der Waals surface area contributed by atoms with Crippen molar-refractivity contribution in [3.05, 3.63) is 64.1 Å². The third kappa shape index (κ3) is 3.19. The average molecular weight is 323 g/mol. The van der Waals surface area contributed by atoms with Crippen molar-refractivity contribution in [2.24, 2.45) is 5.73 Å². The van der Waals surface area contributed by atoms with Crippen molar-refractivity contribution in [1.29, 1.82) is 0 Å². The molecule has 2 N–H and O–H groups in total. The van der Waals surface area contributed by atoms with Crippen molar-refractivity contribution in [2.45, 2.75) is 18.8 Å². The second kappa shape index (κ2) is 5.80. The normalized spacial score (nSPS) is 14.1. The number of aromatic nitrogens is 1. The zero-order chi connectivity index (χ0) is 13.9. The molecule has 0 radical (unpaired) electrons. The molecule has 100 valence electrons. The van der Waals surface area contributed by atoms with Gasteiger partial charge in [0.2, 0.25) is 0 Å². The Morgan fingerprint density at radius 2 is 1.95 bits per heavy atom. The molecule has 0 aliphatic carbocycles. The van der Waals surface area contributed by atoms with Gasteiger partial charge in [0, 0.05) is 28.8 Å². The van der Waals surface area contributed by atoms with E-state index in [1.54, 1.807) is 18.5 Å². The van der Waals surface area contributed by atoms with E-state index in [0.29, 0.717) is 18.5 Å². The molecule has 0 aliphatic rings. The Balaban J connectivity index is 2.39. The van der Waals surface area contributed by atoms with Crippen LogP contribution in [0.1, 0.15) is 18.1 Å². The molecule has 0 aliphatic heterocycles. The van der Waals surface area contributed by atoms with E-state index in [1.165, 1.54) is 6.07 Å². The van der Waals surface area contributed by atoms with Crippen LogP contribution in [-0.4, -0.2) is 11.5 Å². The molecular formula is C15H16BrFN2. The fraction of sp³-hybridized carbons (Fsp3) is 0.267. The van der Waals surface area contributed by atoms with E-state index in [2.05, 4.69) is 20.9 Å². The summed E-state index contributed by atoms with van der Waals surface area (Å²) in [7, 11) is 0. The predicted octanol–water partition coefficient (Wildman–Crippen LogP) is 3.44. The molecule has 2 nitrogen and oxygen atoms in total. The first-order valence-corrected chi connectivity index (χ1v) is 6.89. The van der Waals surface area contributed by atoms with Crippen LogP contribution in [0.15, 0.2) is 47.2 Å². The van der Waals surface area contributed by atoms with Gasteiger partial charge in [0.1, 0.15) is 5.82 Å². The van der Waals surface area contributed by atoms with Gasteiger partial charge >= 0.3 is 0 Å². The molecule has 19 heavy (non-hydrogen) atoms. The quantitative estimate of drug-likeness (QED) is 0.936. The van der Waals surface area contributed by atoms with Crippen LogP contribution in [0.25, 0.3) is 0 Å². The highest BCUT2D eigenvalue weighted by atomic mass is 79.9. The highest BCUT2D eigenvalue weighted by molar-refractivity contribution is 9.10. The molecule has 0 amide bonds. The first kappa shape index (κ1) is 14.2. The smallest absolute Gasteiger partial charge is 0.127 e. The van der Waals surface area contributed by atoms with Crippen molar-refractivity contribution < 1.29 is 4.39 Å². The van der Waals surface area contributed by atoms with E-state index in [-0.39, 0.29) is 5.82 Å². The van der Waals surface area contributed by atoms with E-state index in [4.69, 9.17) is 5.73 Å². The minimum Gasteiger partial charge on any atom is -0.330 e. The molecule has 1 aromatic carbocycles. The lowest BCUT2D eigenvalue weighted by Crippen LogP contribution is -2.35. The van der Waals surface area contributed by atoms with Crippen molar-refractivity contribution in [3.8, 4) is 0 Å². The number of rotatable bonds is 4. The lowest BCUT2D eigenvalue weighted by molar-refractivity contribution is 0.449. The van der Waals surface area contributed by atoms with Crippen LogP contribution in [0.2, 0.25) is 0 Å². The summed E-state index contributed by atoms with van der Waals surface area (Å²) in [6, 6.07) is 8.85. The number of pyridine rings is 1. The van der Waals surface area contributed by atoms with Gasteiger partial charge in [0.15, 0.2) is 0 Å². The molecule has 0 spiro atoms. The predicted molar refractivity (Wildman–Crippen MR) is 78.4 cm³/mol. The van der Waals surface area contributed by atoms with E-state index >= 15 is 0 Å². The van der Waals surface area contributed by atoms with Crippen LogP contribution in [0, 0.1) is 5.82 Å². The standard InChI is InChI=1S/C15H16BrFN2/c1-15(10-18,9-11-4-6-19-7-5-11)13-8-12(16)2-3-14(13)17/h2-8H,9-10,18H2,1H3. The minimum atomic E-state index is -0.435.